The number of benzene rings is 1. The molecule has 2 aromatic rings. The number of nitro benzene ring substituents is 1. The minimum atomic E-state index is -0.542. The van der Waals surface area contributed by atoms with Crippen LogP contribution in [0.2, 0.25) is 0 Å². The monoisotopic (exact) mass is 399 g/mol. The van der Waals surface area contributed by atoms with Crippen molar-refractivity contribution in [3.63, 3.8) is 0 Å². The number of alkyl carbamates (subject to hydrolysis) is 1. The largest absolute Gasteiger partial charge is 0.444 e. The van der Waals surface area contributed by atoms with Crippen LogP contribution in [0.4, 0.5) is 16.3 Å². The van der Waals surface area contributed by atoms with Gasteiger partial charge in [0.05, 0.1) is 11.0 Å². The van der Waals surface area contributed by atoms with Gasteiger partial charge in [-0.2, -0.15) is 0 Å². The smallest absolute Gasteiger partial charge is 0.407 e. The van der Waals surface area contributed by atoms with Crippen molar-refractivity contribution in [2.75, 3.05) is 18.0 Å². The molecule has 1 saturated heterocycles. The van der Waals surface area contributed by atoms with E-state index in [4.69, 9.17) is 4.74 Å². The number of carbonyl (C=O) groups is 1. The van der Waals surface area contributed by atoms with Crippen LogP contribution in [0.25, 0.3) is 11.4 Å². The molecule has 1 aliphatic rings. The normalized spacial score (nSPS) is 16.6. The first-order valence-electron chi connectivity index (χ1n) is 9.46. The van der Waals surface area contributed by atoms with Crippen molar-refractivity contribution in [3.8, 4) is 11.4 Å². The molecule has 1 fully saturated rings. The van der Waals surface area contributed by atoms with Crippen LogP contribution >= 0.6 is 0 Å². The highest BCUT2D eigenvalue weighted by Crippen LogP contribution is 2.25. The Hall–Kier alpha value is -3.23. The summed E-state index contributed by atoms with van der Waals surface area (Å²) in [6, 6.07) is 8.11. The summed E-state index contributed by atoms with van der Waals surface area (Å²) in [6.07, 6.45) is 0.342. The lowest BCUT2D eigenvalue weighted by molar-refractivity contribution is -0.384. The number of hydrogen-bond acceptors (Lipinski definition) is 7. The molecule has 9 nitrogen and oxygen atoms in total. The molecule has 9 heteroatoms. The molecule has 0 bridgehead atoms. The lowest BCUT2D eigenvalue weighted by atomic mass is 10.2. The minimum absolute atomic E-state index is 0.00282. The van der Waals surface area contributed by atoms with Crippen molar-refractivity contribution < 1.29 is 14.5 Å². The number of anilines is 1. The quantitative estimate of drug-likeness (QED) is 0.619. The fourth-order valence-electron chi connectivity index (χ4n) is 3.16. The Kier molecular flexibility index (Phi) is 5.67. The second kappa shape index (κ2) is 8.02. The molecule has 0 radical (unpaired) electrons. The Balaban J connectivity index is 1.75. The fraction of sp³-hybridized carbons (Fsp3) is 0.450. The second-order valence-corrected chi connectivity index (χ2v) is 8.08. The third-order valence-corrected chi connectivity index (χ3v) is 4.39. The average molecular weight is 399 g/mol. The van der Waals surface area contributed by atoms with Crippen LogP contribution in [0, 0.1) is 17.0 Å². The molecule has 1 aliphatic heterocycles. The first-order valence-corrected chi connectivity index (χ1v) is 9.46. The molecule has 3 rings (SSSR count). The van der Waals surface area contributed by atoms with Crippen molar-refractivity contribution in [1.82, 2.24) is 15.3 Å². The number of non-ortho nitro benzene ring substituents is 1. The summed E-state index contributed by atoms with van der Waals surface area (Å²) in [6.45, 7) is 8.67. The summed E-state index contributed by atoms with van der Waals surface area (Å²) >= 11 is 0. The van der Waals surface area contributed by atoms with Crippen molar-refractivity contribution in [2.24, 2.45) is 0 Å². The van der Waals surface area contributed by atoms with Gasteiger partial charge in [0.25, 0.3) is 5.69 Å². The van der Waals surface area contributed by atoms with E-state index in [0.717, 1.165) is 24.5 Å². The summed E-state index contributed by atoms with van der Waals surface area (Å²) in [4.78, 5) is 33.7. The number of ether oxygens (including phenoxy) is 1. The van der Waals surface area contributed by atoms with Gasteiger partial charge in [0, 0.05) is 42.5 Å². The lowest BCUT2D eigenvalue weighted by Crippen LogP contribution is -2.40. The Morgan fingerprint density at radius 3 is 2.76 bits per heavy atom. The van der Waals surface area contributed by atoms with Crippen LogP contribution in [0.1, 0.15) is 32.9 Å². The van der Waals surface area contributed by atoms with E-state index in [2.05, 4.69) is 20.2 Å². The maximum absolute atomic E-state index is 12.0. The van der Waals surface area contributed by atoms with E-state index in [1.807, 2.05) is 33.8 Å². The highest BCUT2D eigenvalue weighted by Gasteiger charge is 2.27. The predicted octanol–water partition coefficient (Wildman–Crippen LogP) is 3.46. The zero-order valence-corrected chi connectivity index (χ0v) is 17.0. The maximum Gasteiger partial charge on any atom is 0.407 e. The molecule has 29 heavy (non-hydrogen) atoms. The van der Waals surface area contributed by atoms with Gasteiger partial charge in [-0.1, -0.05) is 12.1 Å². The van der Waals surface area contributed by atoms with Gasteiger partial charge in [-0.05, 0) is 34.1 Å². The van der Waals surface area contributed by atoms with Gasteiger partial charge in [-0.25, -0.2) is 14.8 Å². The second-order valence-electron chi connectivity index (χ2n) is 8.08. The molecule has 2 heterocycles. The summed E-state index contributed by atoms with van der Waals surface area (Å²) in [5.41, 5.74) is 0.808. The minimum Gasteiger partial charge on any atom is -0.444 e. The number of nitro groups is 1. The number of nitrogens with one attached hydrogen (secondary N) is 1. The van der Waals surface area contributed by atoms with Crippen LogP contribution in [0.15, 0.2) is 30.3 Å². The molecule has 1 aromatic heterocycles. The van der Waals surface area contributed by atoms with E-state index in [1.165, 1.54) is 12.1 Å². The predicted molar refractivity (Wildman–Crippen MR) is 109 cm³/mol. The number of aromatic nitrogens is 2. The molecule has 1 aromatic carbocycles. The first kappa shape index (κ1) is 20.5. The number of carbonyl (C=O) groups excluding carboxylic acids is 1. The third-order valence-electron chi connectivity index (χ3n) is 4.39. The Labute approximate surface area is 169 Å². The van der Waals surface area contributed by atoms with E-state index < -0.39 is 16.6 Å². The number of rotatable bonds is 4. The van der Waals surface area contributed by atoms with Crippen LogP contribution in [0.3, 0.4) is 0 Å². The Morgan fingerprint density at radius 1 is 1.31 bits per heavy atom. The van der Waals surface area contributed by atoms with Crippen molar-refractivity contribution >= 4 is 17.6 Å². The number of aryl methyl sites for hydroxylation is 1. The fourth-order valence-corrected chi connectivity index (χ4v) is 3.16. The molecule has 0 saturated carbocycles. The van der Waals surface area contributed by atoms with E-state index in [1.54, 1.807) is 12.1 Å². The van der Waals surface area contributed by atoms with Crippen molar-refractivity contribution in [2.45, 2.75) is 45.8 Å². The molecule has 1 atom stereocenters. The van der Waals surface area contributed by atoms with Gasteiger partial charge in [0.2, 0.25) is 0 Å². The first-order chi connectivity index (χ1) is 13.6. The molecular formula is C20H25N5O4. The van der Waals surface area contributed by atoms with Crippen LogP contribution in [0.5, 0.6) is 0 Å². The SMILES string of the molecule is Cc1cc(N2CC[C@@H](NC(=O)OC(C)(C)C)C2)nc(-c2cccc([N+](=O)[O-])c2)n1. The molecule has 1 amide bonds. The van der Waals surface area contributed by atoms with Crippen LogP contribution in [-0.4, -0.2) is 45.7 Å². The Bertz CT molecular complexity index is 925. The maximum atomic E-state index is 12.0. The van der Waals surface area contributed by atoms with Gasteiger partial charge >= 0.3 is 6.09 Å². The van der Waals surface area contributed by atoms with Crippen molar-refractivity contribution in [1.29, 1.82) is 0 Å². The molecule has 154 valence electrons. The zero-order chi connectivity index (χ0) is 21.2. The summed E-state index contributed by atoms with van der Waals surface area (Å²) < 4.78 is 5.32. The Morgan fingerprint density at radius 2 is 2.07 bits per heavy atom. The summed E-state index contributed by atoms with van der Waals surface area (Å²) in [5, 5.41) is 13.9. The lowest BCUT2D eigenvalue weighted by Gasteiger charge is -2.22. The van der Waals surface area contributed by atoms with Gasteiger partial charge in [0.1, 0.15) is 11.4 Å². The molecule has 1 N–H and O–H groups in total. The summed E-state index contributed by atoms with van der Waals surface area (Å²) in [7, 11) is 0. The van der Waals surface area contributed by atoms with E-state index in [0.29, 0.717) is 17.9 Å². The zero-order valence-electron chi connectivity index (χ0n) is 17.0. The molecule has 0 unspecified atom stereocenters. The van der Waals surface area contributed by atoms with E-state index >= 15 is 0 Å². The molecular weight excluding hydrogens is 374 g/mol. The van der Waals surface area contributed by atoms with E-state index in [9.17, 15) is 14.9 Å². The number of nitrogens with zero attached hydrogens (tertiary/aromatic N) is 4. The molecule has 0 aliphatic carbocycles. The van der Waals surface area contributed by atoms with Gasteiger partial charge in [-0.15, -0.1) is 0 Å². The van der Waals surface area contributed by atoms with E-state index in [-0.39, 0.29) is 11.7 Å². The van der Waals surface area contributed by atoms with Gasteiger partial charge in [0.15, 0.2) is 5.82 Å². The number of hydrogen-bond donors (Lipinski definition) is 1. The third kappa shape index (κ3) is 5.40. The van der Waals surface area contributed by atoms with Crippen molar-refractivity contribution in [3.05, 3.63) is 46.1 Å². The van der Waals surface area contributed by atoms with Gasteiger partial charge < -0.3 is 15.0 Å². The molecule has 0 spiro atoms. The average Bonchev–Trinajstić information content (AvgIpc) is 3.08. The highest BCUT2D eigenvalue weighted by atomic mass is 16.6. The standard InChI is InChI=1S/C20H25N5O4/c1-13-10-17(23-18(21-13)14-6-5-7-16(11-14)25(27)28)24-9-8-15(12-24)22-19(26)29-20(2,3)4/h5-7,10-11,15H,8-9,12H2,1-4H3,(H,22,26)/t15-/m1/s1. The highest BCUT2D eigenvalue weighted by molar-refractivity contribution is 5.68. The topological polar surface area (TPSA) is 110 Å². The van der Waals surface area contributed by atoms with Gasteiger partial charge in [-0.3, -0.25) is 10.1 Å². The van der Waals surface area contributed by atoms with Crippen LogP contribution < -0.4 is 10.2 Å². The number of amides is 1. The summed E-state index contributed by atoms with van der Waals surface area (Å²) in [5.74, 6) is 1.17. The van der Waals surface area contributed by atoms with Crippen LogP contribution in [-0.2, 0) is 4.74 Å².